The predicted molar refractivity (Wildman–Crippen MR) is 84.7 cm³/mol. The van der Waals surface area contributed by atoms with Gasteiger partial charge in [0.15, 0.2) is 0 Å². The molecule has 0 N–H and O–H groups in total. The van der Waals surface area contributed by atoms with Crippen molar-refractivity contribution in [3.05, 3.63) is 29.8 Å². The third-order valence-corrected chi connectivity index (χ3v) is 4.71. The molecule has 0 saturated carbocycles. The summed E-state index contributed by atoms with van der Waals surface area (Å²) >= 11 is 0. The van der Waals surface area contributed by atoms with E-state index in [2.05, 4.69) is 31.1 Å². The standard InChI is InChI=1S/C15H22O3SSi/c1-14-8-10-15(11-9-14)19(16,17)18-12-6-5-7-13-20(2,3)4/h8-11H,5-6,12H2,1-4H3. The van der Waals surface area contributed by atoms with Crippen molar-refractivity contribution in [2.75, 3.05) is 6.61 Å². The van der Waals surface area contributed by atoms with Crippen LogP contribution in [0.2, 0.25) is 19.6 Å². The lowest BCUT2D eigenvalue weighted by molar-refractivity contribution is 0.314. The van der Waals surface area contributed by atoms with Gasteiger partial charge >= 0.3 is 0 Å². The summed E-state index contributed by atoms with van der Waals surface area (Å²) in [6.45, 7) is 8.63. The number of unbranched alkanes of at least 4 members (excludes halogenated alkanes) is 1. The van der Waals surface area contributed by atoms with Gasteiger partial charge in [0.05, 0.1) is 11.5 Å². The van der Waals surface area contributed by atoms with Crippen LogP contribution in [0.1, 0.15) is 18.4 Å². The molecule has 0 heterocycles. The second kappa shape index (κ2) is 7.07. The predicted octanol–water partition coefficient (Wildman–Crippen LogP) is 3.36. The largest absolute Gasteiger partial charge is 0.296 e. The molecule has 0 fully saturated rings. The van der Waals surface area contributed by atoms with Crippen LogP contribution < -0.4 is 0 Å². The third kappa shape index (κ3) is 6.37. The summed E-state index contributed by atoms with van der Waals surface area (Å²) in [5.41, 5.74) is 4.26. The first-order chi connectivity index (χ1) is 9.21. The SMILES string of the molecule is Cc1ccc(S(=O)(=O)OCCCC#C[Si](C)(C)C)cc1. The van der Waals surface area contributed by atoms with Gasteiger partial charge in [0, 0.05) is 6.42 Å². The molecule has 0 aliphatic heterocycles. The van der Waals surface area contributed by atoms with E-state index in [0.717, 1.165) is 5.56 Å². The van der Waals surface area contributed by atoms with Crippen LogP contribution in [-0.2, 0) is 14.3 Å². The average Bonchev–Trinajstić information content (AvgIpc) is 2.33. The molecule has 0 bridgehead atoms. The molecule has 1 aromatic rings. The monoisotopic (exact) mass is 310 g/mol. The molecule has 110 valence electrons. The van der Waals surface area contributed by atoms with Crippen molar-refractivity contribution in [3.8, 4) is 11.5 Å². The normalized spacial score (nSPS) is 11.8. The highest BCUT2D eigenvalue weighted by molar-refractivity contribution is 7.86. The fourth-order valence-corrected chi connectivity index (χ4v) is 3.03. The maximum Gasteiger partial charge on any atom is 0.296 e. The minimum atomic E-state index is -3.63. The molecular formula is C15H22O3SSi. The molecule has 0 spiro atoms. The first kappa shape index (κ1) is 17.0. The Morgan fingerprint density at radius 1 is 1.15 bits per heavy atom. The number of hydrogen-bond acceptors (Lipinski definition) is 3. The van der Waals surface area contributed by atoms with E-state index in [0.29, 0.717) is 12.8 Å². The Balaban J connectivity index is 2.45. The second-order valence-corrected chi connectivity index (χ2v) is 12.1. The van der Waals surface area contributed by atoms with Crippen molar-refractivity contribution in [1.82, 2.24) is 0 Å². The van der Waals surface area contributed by atoms with E-state index in [9.17, 15) is 8.42 Å². The lowest BCUT2D eigenvalue weighted by Gasteiger charge is -2.05. The van der Waals surface area contributed by atoms with E-state index in [1.54, 1.807) is 24.3 Å². The lowest BCUT2D eigenvalue weighted by Crippen LogP contribution is -2.16. The topological polar surface area (TPSA) is 43.4 Å². The van der Waals surface area contributed by atoms with E-state index < -0.39 is 18.2 Å². The van der Waals surface area contributed by atoms with E-state index in [1.807, 2.05) is 6.92 Å². The molecule has 3 nitrogen and oxygen atoms in total. The van der Waals surface area contributed by atoms with Gasteiger partial charge in [-0.3, -0.25) is 4.18 Å². The number of rotatable bonds is 5. The van der Waals surface area contributed by atoms with Crippen LogP contribution in [0.5, 0.6) is 0 Å². The summed E-state index contributed by atoms with van der Waals surface area (Å²) < 4.78 is 28.8. The van der Waals surface area contributed by atoms with Crippen molar-refractivity contribution in [3.63, 3.8) is 0 Å². The summed E-state index contributed by atoms with van der Waals surface area (Å²) in [6.07, 6.45) is 1.30. The highest BCUT2D eigenvalue weighted by atomic mass is 32.2. The van der Waals surface area contributed by atoms with E-state index >= 15 is 0 Å². The van der Waals surface area contributed by atoms with Crippen molar-refractivity contribution < 1.29 is 12.6 Å². The zero-order chi connectivity index (χ0) is 15.2. The van der Waals surface area contributed by atoms with Crippen LogP contribution in [0.15, 0.2) is 29.2 Å². The van der Waals surface area contributed by atoms with Gasteiger partial charge in [-0.25, -0.2) is 0 Å². The Morgan fingerprint density at radius 3 is 2.30 bits per heavy atom. The molecule has 20 heavy (non-hydrogen) atoms. The molecule has 1 aromatic carbocycles. The highest BCUT2D eigenvalue weighted by Crippen LogP contribution is 2.13. The minimum absolute atomic E-state index is 0.177. The molecular weight excluding hydrogens is 288 g/mol. The fourth-order valence-electron chi connectivity index (χ4n) is 1.43. The van der Waals surface area contributed by atoms with Gasteiger partial charge in [0.25, 0.3) is 10.1 Å². The maximum absolute atomic E-state index is 11.9. The van der Waals surface area contributed by atoms with Gasteiger partial charge in [-0.1, -0.05) is 37.3 Å². The summed E-state index contributed by atoms with van der Waals surface area (Å²) in [4.78, 5) is 0.205. The molecule has 0 aromatic heterocycles. The molecule has 0 radical (unpaired) electrons. The van der Waals surface area contributed by atoms with Gasteiger partial charge in [0.1, 0.15) is 8.07 Å². The summed E-state index contributed by atoms with van der Waals surface area (Å²) in [6, 6.07) is 6.65. The van der Waals surface area contributed by atoms with Crippen molar-refractivity contribution in [2.24, 2.45) is 0 Å². The Labute approximate surface area is 123 Å². The van der Waals surface area contributed by atoms with Crippen LogP contribution in [0.25, 0.3) is 0 Å². The van der Waals surface area contributed by atoms with Crippen LogP contribution in [0.4, 0.5) is 0 Å². The van der Waals surface area contributed by atoms with Gasteiger partial charge in [-0.2, -0.15) is 8.42 Å². The van der Waals surface area contributed by atoms with Gasteiger partial charge < -0.3 is 0 Å². The molecule has 0 amide bonds. The Morgan fingerprint density at radius 2 is 1.75 bits per heavy atom. The summed E-state index contributed by atoms with van der Waals surface area (Å²) in [7, 11) is -4.96. The Hall–Kier alpha value is -1.09. The number of hydrogen-bond donors (Lipinski definition) is 0. The van der Waals surface area contributed by atoms with Crippen LogP contribution in [-0.4, -0.2) is 23.1 Å². The van der Waals surface area contributed by atoms with Gasteiger partial charge in [0.2, 0.25) is 0 Å². The molecule has 0 aliphatic rings. The lowest BCUT2D eigenvalue weighted by atomic mass is 10.2. The molecule has 0 unspecified atom stereocenters. The third-order valence-electron chi connectivity index (χ3n) is 2.46. The Bertz CT molecular complexity index is 587. The average molecular weight is 310 g/mol. The molecule has 1 rings (SSSR count). The van der Waals surface area contributed by atoms with Crippen molar-refractivity contribution in [2.45, 2.75) is 44.3 Å². The fraction of sp³-hybridized carbons (Fsp3) is 0.467. The van der Waals surface area contributed by atoms with Crippen LogP contribution >= 0.6 is 0 Å². The zero-order valence-electron chi connectivity index (χ0n) is 12.6. The van der Waals surface area contributed by atoms with E-state index in [1.165, 1.54) is 0 Å². The highest BCUT2D eigenvalue weighted by Gasteiger charge is 2.14. The van der Waals surface area contributed by atoms with Crippen LogP contribution in [0.3, 0.4) is 0 Å². The minimum Gasteiger partial charge on any atom is -0.266 e. The molecule has 0 saturated heterocycles. The van der Waals surface area contributed by atoms with E-state index in [4.69, 9.17) is 4.18 Å². The number of benzene rings is 1. The van der Waals surface area contributed by atoms with Crippen LogP contribution in [0, 0.1) is 18.4 Å². The first-order valence-electron chi connectivity index (χ1n) is 6.67. The second-order valence-electron chi connectivity index (χ2n) is 5.74. The molecule has 0 aliphatic carbocycles. The number of aryl methyl sites for hydroxylation is 1. The van der Waals surface area contributed by atoms with Crippen molar-refractivity contribution in [1.29, 1.82) is 0 Å². The van der Waals surface area contributed by atoms with E-state index in [-0.39, 0.29) is 11.5 Å². The molecule has 0 atom stereocenters. The quantitative estimate of drug-likeness (QED) is 0.362. The maximum atomic E-state index is 11.9. The summed E-state index contributed by atoms with van der Waals surface area (Å²) in [5.74, 6) is 3.10. The Kier molecular flexibility index (Phi) is 6.00. The zero-order valence-corrected chi connectivity index (χ0v) is 14.4. The van der Waals surface area contributed by atoms with Gasteiger partial charge in [-0.05, 0) is 25.5 Å². The first-order valence-corrected chi connectivity index (χ1v) is 11.6. The smallest absolute Gasteiger partial charge is 0.266 e. The molecule has 5 heteroatoms. The van der Waals surface area contributed by atoms with Crippen molar-refractivity contribution >= 4 is 18.2 Å². The van der Waals surface area contributed by atoms with Gasteiger partial charge in [-0.15, -0.1) is 11.5 Å². The summed E-state index contributed by atoms with van der Waals surface area (Å²) in [5, 5.41) is 0.